The molecule has 18 heavy (non-hydrogen) atoms. The molecule has 2 rings (SSSR count). The van der Waals surface area contributed by atoms with Crippen molar-refractivity contribution in [1.29, 1.82) is 0 Å². The molecule has 0 aromatic carbocycles. The molecule has 7 heteroatoms. The molecule has 2 aromatic heterocycles. The molecule has 0 aliphatic heterocycles. The molecule has 0 amide bonds. The van der Waals surface area contributed by atoms with Crippen molar-refractivity contribution in [3.63, 3.8) is 0 Å². The Labute approximate surface area is 119 Å². The maximum absolute atomic E-state index is 5.64. The molecule has 98 valence electrons. The minimum Gasteiger partial charge on any atom is -0.271 e. The average molecular weight is 330 g/mol. The van der Waals surface area contributed by atoms with E-state index in [0.29, 0.717) is 0 Å². The van der Waals surface area contributed by atoms with E-state index in [1.165, 1.54) is 4.88 Å². The Morgan fingerprint density at radius 3 is 3.00 bits per heavy atom. The minimum atomic E-state index is 0.0705. The molecule has 1 unspecified atom stereocenters. The van der Waals surface area contributed by atoms with Crippen molar-refractivity contribution in [2.24, 2.45) is 5.84 Å². The van der Waals surface area contributed by atoms with Crippen LogP contribution in [0.5, 0.6) is 0 Å². The Balaban J connectivity index is 2.12. The lowest BCUT2D eigenvalue weighted by Gasteiger charge is -2.14. The van der Waals surface area contributed by atoms with Crippen molar-refractivity contribution >= 4 is 27.3 Å². The first-order chi connectivity index (χ1) is 8.74. The van der Waals surface area contributed by atoms with Crippen molar-refractivity contribution in [2.45, 2.75) is 32.4 Å². The number of rotatable bonds is 6. The van der Waals surface area contributed by atoms with Crippen LogP contribution in [0.2, 0.25) is 0 Å². The van der Waals surface area contributed by atoms with E-state index in [1.54, 1.807) is 17.7 Å². The van der Waals surface area contributed by atoms with Crippen LogP contribution >= 0.6 is 27.3 Å². The molecule has 0 saturated carbocycles. The minimum absolute atomic E-state index is 0.0705. The Kier molecular flexibility index (Phi) is 4.87. The molecule has 0 aliphatic carbocycles. The van der Waals surface area contributed by atoms with Gasteiger partial charge in [0.25, 0.3) is 0 Å². The highest BCUT2D eigenvalue weighted by Gasteiger charge is 2.16. The van der Waals surface area contributed by atoms with Crippen LogP contribution in [0.15, 0.2) is 22.2 Å². The SMILES string of the molecule is CCCn1ncnc1CC(NN)c1ccc(Br)s1. The van der Waals surface area contributed by atoms with Crippen molar-refractivity contribution in [3.8, 4) is 0 Å². The normalized spacial score (nSPS) is 12.8. The van der Waals surface area contributed by atoms with Gasteiger partial charge in [-0.25, -0.2) is 4.98 Å². The summed E-state index contributed by atoms with van der Waals surface area (Å²) in [5.74, 6) is 6.60. The fourth-order valence-corrected chi connectivity index (χ4v) is 3.27. The topological polar surface area (TPSA) is 68.8 Å². The molecular formula is C11H16BrN5S. The van der Waals surface area contributed by atoms with E-state index in [-0.39, 0.29) is 6.04 Å². The number of hydrazine groups is 1. The van der Waals surface area contributed by atoms with Crippen LogP contribution in [0.25, 0.3) is 0 Å². The molecule has 2 aromatic rings. The Bertz CT molecular complexity index is 495. The van der Waals surface area contributed by atoms with E-state index in [4.69, 9.17) is 5.84 Å². The second-order valence-corrected chi connectivity index (χ2v) is 6.46. The number of hydrogen-bond donors (Lipinski definition) is 2. The van der Waals surface area contributed by atoms with E-state index in [0.717, 1.165) is 29.0 Å². The van der Waals surface area contributed by atoms with Gasteiger partial charge >= 0.3 is 0 Å². The van der Waals surface area contributed by atoms with Gasteiger partial charge in [-0.15, -0.1) is 11.3 Å². The molecule has 0 saturated heterocycles. The third kappa shape index (κ3) is 3.17. The van der Waals surface area contributed by atoms with Crippen LogP contribution in [0.1, 0.15) is 30.1 Å². The Hall–Kier alpha value is -0.760. The summed E-state index contributed by atoms with van der Waals surface area (Å²) >= 11 is 5.14. The van der Waals surface area contributed by atoms with Gasteiger partial charge < -0.3 is 0 Å². The predicted molar refractivity (Wildman–Crippen MR) is 76.1 cm³/mol. The van der Waals surface area contributed by atoms with Crippen LogP contribution in [0.3, 0.4) is 0 Å². The molecule has 3 N–H and O–H groups in total. The second-order valence-electron chi connectivity index (χ2n) is 3.96. The largest absolute Gasteiger partial charge is 0.271 e. The summed E-state index contributed by atoms with van der Waals surface area (Å²) in [6, 6.07) is 4.17. The Morgan fingerprint density at radius 2 is 2.39 bits per heavy atom. The third-order valence-electron chi connectivity index (χ3n) is 2.66. The van der Waals surface area contributed by atoms with Crippen LogP contribution in [-0.2, 0) is 13.0 Å². The first-order valence-corrected chi connectivity index (χ1v) is 7.43. The lowest BCUT2D eigenvalue weighted by molar-refractivity contribution is 0.504. The van der Waals surface area contributed by atoms with Gasteiger partial charge in [0.15, 0.2) is 0 Å². The highest BCUT2D eigenvalue weighted by Crippen LogP contribution is 2.28. The monoisotopic (exact) mass is 329 g/mol. The fraction of sp³-hybridized carbons (Fsp3) is 0.455. The number of nitrogens with one attached hydrogen (secondary N) is 1. The van der Waals surface area contributed by atoms with Gasteiger partial charge in [-0.1, -0.05) is 6.92 Å². The predicted octanol–water partition coefficient (Wildman–Crippen LogP) is 2.26. The number of halogens is 1. The number of nitrogens with two attached hydrogens (primary N) is 1. The Morgan fingerprint density at radius 1 is 1.56 bits per heavy atom. The van der Waals surface area contributed by atoms with E-state index in [9.17, 15) is 0 Å². The van der Waals surface area contributed by atoms with Gasteiger partial charge in [-0.2, -0.15) is 5.10 Å². The van der Waals surface area contributed by atoms with Crippen molar-refractivity contribution in [3.05, 3.63) is 32.9 Å². The molecule has 0 spiro atoms. The van der Waals surface area contributed by atoms with Crippen molar-refractivity contribution in [1.82, 2.24) is 20.2 Å². The standard InChI is InChI=1S/C11H16BrN5S/c1-2-5-17-11(14-7-15-17)6-8(16-13)9-3-4-10(12)18-9/h3-4,7-8,16H,2,5-6,13H2,1H3. The van der Waals surface area contributed by atoms with Crippen LogP contribution in [0, 0.1) is 0 Å². The average Bonchev–Trinajstić information content (AvgIpc) is 2.96. The maximum atomic E-state index is 5.64. The highest BCUT2D eigenvalue weighted by molar-refractivity contribution is 9.11. The fourth-order valence-electron chi connectivity index (χ4n) is 1.78. The molecule has 0 aliphatic rings. The van der Waals surface area contributed by atoms with Crippen LogP contribution in [0.4, 0.5) is 0 Å². The second kappa shape index (κ2) is 6.42. The molecule has 0 radical (unpaired) electrons. The first-order valence-electron chi connectivity index (χ1n) is 5.82. The van der Waals surface area contributed by atoms with Gasteiger partial charge in [-0.05, 0) is 34.5 Å². The third-order valence-corrected chi connectivity index (χ3v) is 4.39. The first kappa shape index (κ1) is 13.7. The van der Waals surface area contributed by atoms with Gasteiger partial charge in [0.05, 0.1) is 9.83 Å². The van der Waals surface area contributed by atoms with Crippen LogP contribution < -0.4 is 11.3 Å². The maximum Gasteiger partial charge on any atom is 0.138 e. The molecular weight excluding hydrogens is 314 g/mol. The number of aromatic nitrogens is 3. The summed E-state index contributed by atoms with van der Waals surface area (Å²) in [7, 11) is 0. The summed E-state index contributed by atoms with van der Waals surface area (Å²) in [6.45, 7) is 3.02. The van der Waals surface area contributed by atoms with Crippen LogP contribution in [-0.4, -0.2) is 14.8 Å². The lowest BCUT2D eigenvalue weighted by atomic mass is 10.1. The number of aryl methyl sites for hydroxylation is 1. The van der Waals surface area contributed by atoms with Gasteiger partial charge in [-0.3, -0.25) is 16.0 Å². The number of thiophene rings is 1. The summed E-state index contributed by atoms with van der Waals surface area (Å²) in [6.07, 6.45) is 3.38. The summed E-state index contributed by atoms with van der Waals surface area (Å²) < 4.78 is 3.04. The quantitative estimate of drug-likeness (QED) is 0.630. The van der Waals surface area contributed by atoms with E-state index < -0.39 is 0 Å². The molecule has 2 heterocycles. The lowest BCUT2D eigenvalue weighted by Crippen LogP contribution is -2.30. The van der Waals surface area contributed by atoms with Gasteiger partial charge in [0.2, 0.25) is 0 Å². The van der Waals surface area contributed by atoms with Crippen molar-refractivity contribution in [2.75, 3.05) is 0 Å². The smallest absolute Gasteiger partial charge is 0.138 e. The van der Waals surface area contributed by atoms with Gasteiger partial charge in [0.1, 0.15) is 12.2 Å². The number of nitrogens with zero attached hydrogens (tertiary/aromatic N) is 3. The summed E-state index contributed by atoms with van der Waals surface area (Å²) in [5, 5.41) is 4.22. The van der Waals surface area contributed by atoms with E-state index in [1.807, 2.05) is 10.7 Å². The zero-order valence-electron chi connectivity index (χ0n) is 10.1. The van der Waals surface area contributed by atoms with Crippen molar-refractivity contribution < 1.29 is 0 Å². The zero-order valence-corrected chi connectivity index (χ0v) is 12.5. The molecule has 5 nitrogen and oxygen atoms in total. The van der Waals surface area contributed by atoms with E-state index >= 15 is 0 Å². The highest BCUT2D eigenvalue weighted by atomic mass is 79.9. The number of hydrogen-bond acceptors (Lipinski definition) is 5. The van der Waals surface area contributed by atoms with E-state index in [2.05, 4.69) is 44.4 Å². The van der Waals surface area contributed by atoms with Gasteiger partial charge in [0, 0.05) is 17.8 Å². The summed E-state index contributed by atoms with van der Waals surface area (Å²) in [5.41, 5.74) is 2.85. The molecule has 0 fully saturated rings. The molecule has 1 atom stereocenters. The zero-order chi connectivity index (χ0) is 13.0. The molecule has 0 bridgehead atoms. The summed E-state index contributed by atoms with van der Waals surface area (Å²) in [4.78, 5) is 5.49.